The highest BCUT2D eigenvalue weighted by atomic mass is 79.9. The molecular formula is C14H18BrFN2O2. The zero-order chi connectivity index (χ0) is 14.7. The summed E-state index contributed by atoms with van der Waals surface area (Å²) in [6.45, 7) is 3.02. The summed E-state index contributed by atoms with van der Waals surface area (Å²) in [5.41, 5.74) is 0.480. The van der Waals surface area contributed by atoms with Gasteiger partial charge in [0.2, 0.25) is 5.91 Å². The first kappa shape index (κ1) is 15.4. The number of carbonyl (C=O) groups is 1. The molecule has 0 radical (unpaired) electrons. The second kappa shape index (κ2) is 6.65. The lowest BCUT2D eigenvalue weighted by Gasteiger charge is -2.24. The van der Waals surface area contributed by atoms with Crippen molar-refractivity contribution in [3.8, 4) is 0 Å². The van der Waals surface area contributed by atoms with Crippen molar-refractivity contribution in [2.45, 2.75) is 32.0 Å². The first-order valence-electron chi connectivity index (χ1n) is 6.65. The molecule has 4 nitrogen and oxygen atoms in total. The third-order valence-electron chi connectivity index (χ3n) is 3.47. The topological polar surface area (TPSA) is 52.6 Å². The minimum absolute atomic E-state index is 0.0941. The molecule has 1 aromatic carbocycles. The molecule has 0 saturated carbocycles. The number of β-amino-alcohol motifs (C(OH)–C–C–N with tert-alkyl or cyclic N) is 1. The van der Waals surface area contributed by atoms with Gasteiger partial charge in [-0.1, -0.05) is 15.9 Å². The molecule has 1 heterocycles. The Kier molecular flexibility index (Phi) is 5.12. The van der Waals surface area contributed by atoms with E-state index in [1.807, 2.05) is 6.92 Å². The van der Waals surface area contributed by atoms with Crippen molar-refractivity contribution in [2.24, 2.45) is 0 Å². The van der Waals surface area contributed by atoms with Crippen molar-refractivity contribution < 1.29 is 14.3 Å². The molecule has 1 aliphatic rings. The van der Waals surface area contributed by atoms with E-state index in [2.05, 4.69) is 21.2 Å². The average Bonchev–Trinajstić information content (AvgIpc) is 2.85. The van der Waals surface area contributed by atoms with E-state index in [0.717, 1.165) is 4.47 Å². The molecule has 1 aromatic rings. The first-order chi connectivity index (χ1) is 9.51. The number of nitrogens with zero attached hydrogens (tertiary/aromatic N) is 1. The molecule has 20 heavy (non-hydrogen) atoms. The van der Waals surface area contributed by atoms with Gasteiger partial charge in [-0.25, -0.2) is 4.39 Å². The van der Waals surface area contributed by atoms with Gasteiger partial charge in [-0.05, 0) is 31.5 Å². The summed E-state index contributed by atoms with van der Waals surface area (Å²) in [6.07, 6.45) is -0.0682. The van der Waals surface area contributed by atoms with Gasteiger partial charge in [0, 0.05) is 29.7 Å². The smallest absolute Gasteiger partial charge is 0.240 e. The molecule has 0 aromatic heterocycles. The third kappa shape index (κ3) is 3.56. The van der Waals surface area contributed by atoms with E-state index in [1.165, 1.54) is 6.07 Å². The molecule has 1 fully saturated rings. The summed E-state index contributed by atoms with van der Waals surface area (Å²) in [7, 11) is 0. The second-order valence-corrected chi connectivity index (χ2v) is 5.85. The largest absolute Gasteiger partial charge is 0.392 e. The van der Waals surface area contributed by atoms with Crippen LogP contribution in [0.15, 0.2) is 22.7 Å². The maximum absolute atomic E-state index is 13.8. The van der Waals surface area contributed by atoms with Gasteiger partial charge in [-0.2, -0.15) is 0 Å². The third-order valence-corrected chi connectivity index (χ3v) is 3.96. The Morgan fingerprint density at radius 3 is 2.95 bits per heavy atom. The van der Waals surface area contributed by atoms with Crippen LogP contribution in [-0.4, -0.2) is 41.1 Å². The highest BCUT2D eigenvalue weighted by Gasteiger charge is 2.31. The molecule has 2 rings (SSSR count). The fraction of sp³-hybridized carbons (Fsp3) is 0.500. The Morgan fingerprint density at radius 2 is 2.35 bits per heavy atom. The maximum atomic E-state index is 13.8. The number of amides is 1. The van der Waals surface area contributed by atoms with Crippen LogP contribution in [0.25, 0.3) is 0 Å². The van der Waals surface area contributed by atoms with Crippen LogP contribution in [0.1, 0.15) is 18.9 Å². The van der Waals surface area contributed by atoms with Crippen molar-refractivity contribution in [1.29, 1.82) is 0 Å². The fourth-order valence-corrected chi connectivity index (χ4v) is 2.75. The van der Waals surface area contributed by atoms with Crippen LogP contribution in [0.2, 0.25) is 0 Å². The molecule has 0 unspecified atom stereocenters. The summed E-state index contributed by atoms with van der Waals surface area (Å²) in [6, 6.07) is 4.32. The zero-order valence-corrected chi connectivity index (χ0v) is 12.9. The van der Waals surface area contributed by atoms with Gasteiger partial charge < -0.3 is 15.3 Å². The van der Waals surface area contributed by atoms with Crippen LogP contribution in [-0.2, 0) is 11.3 Å². The Balaban J connectivity index is 2.08. The standard InChI is InChI=1S/C14H18BrFN2O2/c1-2-18(14(20)13-6-11(19)7-17-13)8-9-5-10(15)3-4-12(9)16/h3-5,11,13,17,19H,2,6-8H2,1H3/t11-,13-/m0/s1. The molecule has 110 valence electrons. The first-order valence-corrected chi connectivity index (χ1v) is 7.44. The zero-order valence-electron chi connectivity index (χ0n) is 11.3. The van der Waals surface area contributed by atoms with Crippen LogP contribution in [0.3, 0.4) is 0 Å². The Morgan fingerprint density at radius 1 is 1.60 bits per heavy atom. The fourth-order valence-electron chi connectivity index (χ4n) is 2.34. The molecule has 6 heteroatoms. The van der Waals surface area contributed by atoms with Crippen molar-refractivity contribution in [1.82, 2.24) is 10.2 Å². The van der Waals surface area contributed by atoms with Crippen molar-refractivity contribution in [3.05, 3.63) is 34.1 Å². The van der Waals surface area contributed by atoms with E-state index in [0.29, 0.717) is 25.1 Å². The number of rotatable bonds is 4. The Labute approximate surface area is 126 Å². The molecule has 2 N–H and O–H groups in total. The van der Waals surface area contributed by atoms with Crippen LogP contribution in [0, 0.1) is 5.82 Å². The minimum atomic E-state index is -0.481. The van der Waals surface area contributed by atoms with E-state index in [9.17, 15) is 14.3 Å². The van der Waals surface area contributed by atoms with E-state index in [-0.39, 0.29) is 24.3 Å². The predicted octanol–water partition coefficient (Wildman–Crippen LogP) is 1.66. The van der Waals surface area contributed by atoms with E-state index >= 15 is 0 Å². The van der Waals surface area contributed by atoms with Gasteiger partial charge in [-0.3, -0.25) is 4.79 Å². The van der Waals surface area contributed by atoms with Crippen LogP contribution < -0.4 is 5.32 Å². The number of aliphatic hydroxyl groups is 1. The second-order valence-electron chi connectivity index (χ2n) is 4.94. The summed E-state index contributed by atoms with van der Waals surface area (Å²) in [4.78, 5) is 13.9. The summed E-state index contributed by atoms with van der Waals surface area (Å²) in [5.74, 6) is -0.415. The number of hydrogen-bond acceptors (Lipinski definition) is 3. The SMILES string of the molecule is CCN(Cc1cc(Br)ccc1F)C(=O)[C@@H]1C[C@H](O)CN1. The molecule has 1 amide bonds. The van der Waals surface area contributed by atoms with Crippen molar-refractivity contribution >= 4 is 21.8 Å². The number of nitrogens with one attached hydrogen (secondary N) is 1. The molecule has 1 aliphatic heterocycles. The minimum Gasteiger partial charge on any atom is -0.392 e. The number of carbonyl (C=O) groups excluding carboxylic acids is 1. The molecule has 0 spiro atoms. The predicted molar refractivity (Wildman–Crippen MR) is 77.6 cm³/mol. The number of hydrogen-bond donors (Lipinski definition) is 2. The van der Waals surface area contributed by atoms with Crippen LogP contribution >= 0.6 is 15.9 Å². The summed E-state index contributed by atoms with van der Waals surface area (Å²) < 4.78 is 14.5. The van der Waals surface area contributed by atoms with Crippen LogP contribution in [0.5, 0.6) is 0 Å². The number of aliphatic hydroxyl groups excluding tert-OH is 1. The van der Waals surface area contributed by atoms with Crippen molar-refractivity contribution in [3.63, 3.8) is 0 Å². The monoisotopic (exact) mass is 344 g/mol. The molecule has 0 aliphatic carbocycles. The lowest BCUT2D eigenvalue weighted by atomic mass is 10.1. The lowest BCUT2D eigenvalue weighted by Crippen LogP contribution is -2.43. The molecule has 0 bridgehead atoms. The van der Waals surface area contributed by atoms with E-state index in [1.54, 1.807) is 17.0 Å². The summed E-state index contributed by atoms with van der Waals surface area (Å²) >= 11 is 3.30. The quantitative estimate of drug-likeness (QED) is 0.873. The summed E-state index contributed by atoms with van der Waals surface area (Å²) in [5, 5.41) is 12.5. The highest BCUT2D eigenvalue weighted by molar-refractivity contribution is 9.10. The Hall–Kier alpha value is -0.980. The number of likely N-dealkylation sites (N-methyl/N-ethyl adjacent to an activating group) is 1. The van der Waals surface area contributed by atoms with E-state index in [4.69, 9.17) is 0 Å². The van der Waals surface area contributed by atoms with Gasteiger partial charge in [0.05, 0.1) is 12.1 Å². The molecule has 2 atom stereocenters. The Bertz CT molecular complexity index is 498. The van der Waals surface area contributed by atoms with Crippen LogP contribution in [0.4, 0.5) is 4.39 Å². The maximum Gasteiger partial charge on any atom is 0.240 e. The molecular weight excluding hydrogens is 327 g/mol. The van der Waals surface area contributed by atoms with Gasteiger partial charge >= 0.3 is 0 Å². The highest BCUT2D eigenvalue weighted by Crippen LogP contribution is 2.18. The average molecular weight is 345 g/mol. The normalized spacial score (nSPS) is 22.0. The lowest BCUT2D eigenvalue weighted by molar-refractivity contribution is -0.133. The van der Waals surface area contributed by atoms with Gasteiger partial charge in [-0.15, -0.1) is 0 Å². The number of halogens is 2. The van der Waals surface area contributed by atoms with Crippen molar-refractivity contribution in [2.75, 3.05) is 13.1 Å². The van der Waals surface area contributed by atoms with Gasteiger partial charge in [0.25, 0.3) is 0 Å². The van der Waals surface area contributed by atoms with Gasteiger partial charge in [0.1, 0.15) is 5.82 Å². The van der Waals surface area contributed by atoms with E-state index < -0.39 is 6.10 Å². The molecule has 1 saturated heterocycles. The van der Waals surface area contributed by atoms with Gasteiger partial charge in [0.15, 0.2) is 0 Å². The number of benzene rings is 1.